The molecule has 0 bridgehead atoms. The van der Waals surface area contributed by atoms with Crippen molar-refractivity contribution >= 4 is 13.5 Å². The van der Waals surface area contributed by atoms with Crippen molar-refractivity contribution < 1.29 is 38.6 Å². The first kappa shape index (κ1) is 63.4. The summed E-state index contributed by atoms with van der Waals surface area (Å²) in [7, 11) is 0. The van der Waals surface area contributed by atoms with Gasteiger partial charge in [-0.05, 0) is 0 Å². The van der Waals surface area contributed by atoms with Crippen LogP contribution in [0.15, 0.2) is 0 Å². The Kier molecular flexibility index (Phi) is 471. The van der Waals surface area contributed by atoms with E-state index in [4.69, 9.17) is 0 Å². The molecular formula is H4HgO2S. The third-order valence-corrected chi connectivity index (χ3v) is 0. The van der Waals surface area contributed by atoms with Crippen LogP contribution in [0.3, 0.4) is 0 Å². The van der Waals surface area contributed by atoms with Gasteiger partial charge in [-0.25, -0.2) is 0 Å². The molecule has 0 atom stereocenters. The Balaban J connectivity index is 0. The molecule has 24 valence electrons. The second kappa shape index (κ2) is 29.7. The summed E-state index contributed by atoms with van der Waals surface area (Å²) in [6.45, 7) is 0. The molecule has 0 aromatic carbocycles. The van der Waals surface area contributed by atoms with Crippen molar-refractivity contribution in [1.29, 1.82) is 0 Å². The van der Waals surface area contributed by atoms with Gasteiger partial charge in [-0.2, -0.15) is 0 Å². The van der Waals surface area contributed by atoms with Crippen molar-refractivity contribution in [3.63, 3.8) is 0 Å². The maximum absolute atomic E-state index is 0. The van der Waals surface area contributed by atoms with Gasteiger partial charge in [0.15, 0.2) is 0 Å². The second-order valence-corrected chi connectivity index (χ2v) is 0. The molecule has 0 amide bonds. The summed E-state index contributed by atoms with van der Waals surface area (Å²) in [5.74, 6) is 0. The first-order chi connectivity index (χ1) is 0. The van der Waals surface area contributed by atoms with E-state index in [9.17, 15) is 0 Å². The van der Waals surface area contributed by atoms with E-state index in [0.717, 1.165) is 0 Å². The Morgan fingerprint density at radius 1 is 0.750 bits per heavy atom. The van der Waals surface area contributed by atoms with Gasteiger partial charge in [0.1, 0.15) is 0 Å². The molecule has 0 aliphatic heterocycles. The number of hydrogen-bond acceptors (Lipinski definition) is 0. The molecule has 0 saturated carbocycles. The Morgan fingerprint density at radius 3 is 0.750 bits per heavy atom. The van der Waals surface area contributed by atoms with E-state index >= 15 is 0 Å². The predicted molar refractivity (Wildman–Crippen MR) is 14.8 cm³/mol. The van der Waals surface area contributed by atoms with Crippen molar-refractivity contribution in [3.05, 3.63) is 0 Å². The summed E-state index contributed by atoms with van der Waals surface area (Å²) in [6.07, 6.45) is 0. The molecule has 0 aliphatic rings. The average molecular weight is 269 g/mol. The minimum atomic E-state index is 0. The fourth-order valence-corrected chi connectivity index (χ4v) is 0. The molecule has 0 spiro atoms. The van der Waals surface area contributed by atoms with Gasteiger partial charge in [-0.1, -0.05) is 0 Å². The summed E-state index contributed by atoms with van der Waals surface area (Å²) in [5.41, 5.74) is 0. The maximum atomic E-state index is 0. The first-order valence-electron chi connectivity index (χ1n) is 0. The van der Waals surface area contributed by atoms with Crippen molar-refractivity contribution in [2.45, 2.75) is 0 Å². The van der Waals surface area contributed by atoms with Gasteiger partial charge in [0.25, 0.3) is 0 Å². The van der Waals surface area contributed by atoms with E-state index in [1.165, 1.54) is 0 Å². The SMILES string of the molecule is O.O.[Hg].[S]. The van der Waals surface area contributed by atoms with Crippen LogP contribution < -0.4 is 0 Å². The molecule has 0 saturated heterocycles. The monoisotopic (exact) mass is 270 g/mol. The normalized spacial score (nSPS) is 0. The van der Waals surface area contributed by atoms with Gasteiger partial charge in [0.05, 0.1) is 0 Å². The van der Waals surface area contributed by atoms with Crippen LogP contribution in [-0.4, -0.2) is 11.0 Å². The van der Waals surface area contributed by atoms with Crippen molar-refractivity contribution in [3.8, 4) is 0 Å². The molecule has 0 rings (SSSR count). The van der Waals surface area contributed by atoms with E-state index in [1.807, 2.05) is 0 Å². The van der Waals surface area contributed by atoms with Crippen LogP contribution in [0.4, 0.5) is 0 Å². The molecule has 0 aromatic rings. The molecule has 2 radical (unpaired) electrons. The van der Waals surface area contributed by atoms with Crippen LogP contribution in [0.5, 0.6) is 0 Å². The summed E-state index contributed by atoms with van der Waals surface area (Å²) in [4.78, 5) is 0. The molecule has 0 heterocycles. The topological polar surface area (TPSA) is 63.0 Å². The molecule has 2 nitrogen and oxygen atoms in total. The molecular weight excluding hydrogens is 265 g/mol. The minimum absolute atomic E-state index is 0. The number of hydrogen-bond donors (Lipinski definition) is 0. The fourth-order valence-electron chi connectivity index (χ4n) is 0. The van der Waals surface area contributed by atoms with E-state index in [2.05, 4.69) is 0 Å². The van der Waals surface area contributed by atoms with E-state index in [-0.39, 0.29) is 52.1 Å². The van der Waals surface area contributed by atoms with Crippen LogP contribution in [0.25, 0.3) is 0 Å². The van der Waals surface area contributed by atoms with E-state index in [1.54, 1.807) is 0 Å². The zero-order valence-electron chi connectivity index (χ0n) is 2.12. The minimum Gasteiger partial charge on any atom is -0.412 e. The third-order valence-electron chi connectivity index (χ3n) is 0. The van der Waals surface area contributed by atoms with Crippen LogP contribution in [-0.2, 0) is 27.7 Å². The standard InChI is InChI=1S/Hg.2H2O.S/h;2*1H2;. The Bertz CT molecular complexity index is 6.00. The molecule has 4 heteroatoms. The molecule has 4 heavy (non-hydrogen) atoms. The maximum Gasteiger partial charge on any atom is 0 e. The second-order valence-electron chi connectivity index (χ2n) is 0. The summed E-state index contributed by atoms with van der Waals surface area (Å²) in [5, 5.41) is 0. The summed E-state index contributed by atoms with van der Waals surface area (Å²) < 4.78 is 0. The van der Waals surface area contributed by atoms with Gasteiger partial charge < -0.3 is 11.0 Å². The van der Waals surface area contributed by atoms with E-state index in [0.29, 0.717) is 0 Å². The summed E-state index contributed by atoms with van der Waals surface area (Å²) >= 11 is 0. The van der Waals surface area contributed by atoms with Crippen molar-refractivity contribution in [2.75, 3.05) is 0 Å². The van der Waals surface area contributed by atoms with Gasteiger partial charge in [-0.15, -0.1) is 0 Å². The number of rotatable bonds is 0. The fraction of sp³-hybridized carbons (Fsp3) is 0. The van der Waals surface area contributed by atoms with Crippen LogP contribution >= 0.6 is 13.5 Å². The Morgan fingerprint density at radius 2 is 0.750 bits per heavy atom. The predicted octanol–water partition coefficient (Wildman–Crippen LogP) is -1.00. The van der Waals surface area contributed by atoms with Gasteiger partial charge in [0.2, 0.25) is 0 Å². The van der Waals surface area contributed by atoms with Gasteiger partial charge in [0, 0.05) is 41.2 Å². The van der Waals surface area contributed by atoms with Gasteiger partial charge >= 0.3 is 0 Å². The smallest absolute Gasteiger partial charge is 0 e. The summed E-state index contributed by atoms with van der Waals surface area (Å²) in [6, 6.07) is 0. The third kappa shape index (κ3) is 10.7. The molecule has 0 aliphatic carbocycles. The first-order valence-corrected chi connectivity index (χ1v) is 0. The van der Waals surface area contributed by atoms with Crippen molar-refractivity contribution in [1.82, 2.24) is 0 Å². The van der Waals surface area contributed by atoms with E-state index < -0.39 is 0 Å². The van der Waals surface area contributed by atoms with Crippen LogP contribution in [0.2, 0.25) is 0 Å². The zero-order chi connectivity index (χ0) is 0. The van der Waals surface area contributed by atoms with Crippen LogP contribution in [0.1, 0.15) is 0 Å². The molecule has 0 fully saturated rings. The van der Waals surface area contributed by atoms with Gasteiger partial charge in [-0.3, -0.25) is 0 Å². The average Bonchev–Trinajstić information content (AvgIpc) is 0. The molecule has 0 unspecified atom stereocenters. The quantitative estimate of drug-likeness (QED) is 0.506. The Labute approximate surface area is 52.2 Å². The van der Waals surface area contributed by atoms with Crippen molar-refractivity contribution in [2.24, 2.45) is 0 Å². The molecule has 0 aromatic heterocycles. The van der Waals surface area contributed by atoms with Crippen LogP contribution in [0, 0.1) is 0 Å². The zero-order valence-corrected chi connectivity index (χ0v) is 8.43. The Hall–Kier alpha value is 1.21. The molecule has 4 N–H and O–H groups in total. The largest absolute Gasteiger partial charge is 0.412 e.